The van der Waals surface area contributed by atoms with Crippen LogP contribution in [0.15, 0.2) is 0 Å². The molecule has 1 aliphatic rings. The fourth-order valence-electron chi connectivity index (χ4n) is 3.37. The fraction of sp³-hybridized carbons (Fsp3) is 1.00. The van der Waals surface area contributed by atoms with Crippen LogP contribution in [0.25, 0.3) is 0 Å². The van der Waals surface area contributed by atoms with Gasteiger partial charge in [-0.2, -0.15) is 0 Å². The van der Waals surface area contributed by atoms with Gasteiger partial charge < -0.3 is 24.1 Å². The summed E-state index contributed by atoms with van der Waals surface area (Å²) >= 11 is 0. The van der Waals surface area contributed by atoms with Gasteiger partial charge >= 0.3 is 15.2 Å². The minimum absolute atomic E-state index is 0.0935. The van der Waals surface area contributed by atoms with Crippen LogP contribution in [0.3, 0.4) is 0 Å². The summed E-state index contributed by atoms with van der Waals surface area (Å²) < 4.78 is 23.6. The van der Waals surface area contributed by atoms with Gasteiger partial charge in [-0.1, -0.05) is 0 Å². The second-order valence-corrected chi connectivity index (χ2v) is 9.63. The van der Waals surface area contributed by atoms with E-state index in [4.69, 9.17) is 0 Å². The van der Waals surface area contributed by atoms with Crippen LogP contribution in [0.5, 0.6) is 0 Å². The van der Waals surface area contributed by atoms with Crippen LogP contribution < -0.4 is 0 Å². The Hall–Kier alpha value is 0.260. The van der Waals surface area contributed by atoms with Gasteiger partial charge in [0.1, 0.15) is 0 Å². The minimum Gasteiger partial charge on any atom is -0.324 e. The Labute approximate surface area is 119 Å². The molecule has 0 radical (unpaired) electrons. The molecule has 20 heavy (non-hydrogen) atoms. The number of hydrogen-bond acceptors (Lipinski definition) is 2. The van der Waals surface area contributed by atoms with E-state index in [9.17, 15) is 28.7 Å². The average molecular weight is 330 g/mol. The van der Waals surface area contributed by atoms with Crippen molar-refractivity contribution in [2.75, 3.05) is 19.6 Å². The van der Waals surface area contributed by atoms with Gasteiger partial charge in [0.15, 0.2) is 5.40 Å². The molecule has 0 saturated carbocycles. The van der Waals surface area contributed by atoms with E-state index in [0.29, 0.717) is 4.48 Å². The van der Waals surface area contributed by atoms with Gasteiger partial charge in [-0.25, -0.2) is 0 Å². The average Bonchev–Trinajstić information content (AvgIpc) is 2.33. The van der Waals surface area contributed by atoms with E-state index in [1.54, 1.807) is 0 Å². The van der Waals surface area contributed by atoms with E-state index in [1.807, 2.05) is 13.8 Å². The lowest BCUT2D eigenvalue weighted by molar-refractivity contribution is -0.953. The Balaban J connectivity index is 3.02. The van der Waals surface area contributed by atoms with Crippen molar-refractivity contribution in [3.05, 3.63) is 0 Å². The smallest absolute Gasteiger partial charge is 0.324 e. The molecule has 1 heterocycles. The van der Waals surface area contributed by atoms with Crippen molar-refractivity contribution in [1.29, 1.82) is 0 Å². The number of likely N-dealkylation sites (tertiary alicyclic amines) is 1. The lowest BCUT2D eigenvalue weighted by Crippen LogP contribution is -2.58. The highest BCUT2D eigenvalue weighted by molar-refractivity contribution is 7.70. The van der Waals surface area contributed by atoms with E-state index in [0.717, 1.165) is 38.9 Å². The van der Waals surface area contributed by atoms with Crippen molar-refractivity contribution in [3.8, 4) is 0 Å². The quantitative estimate of drug-likeness (QED) is 0.433. The highest BCUT2D eigenvalue weighted by Crippen LogP contribution is 2.62. The number of quaternary nitrogens is 1. The summed E-state index contributed by atoms with van der Waals surface area (Å²) in [5.41, 5.74) is 0. The highest BCUT2D eigenvalue weighted by atomic mass is 31.2. The molecule has 0 aliphatic carbocycles. The molecule has 1 aliphatic heterocycles. The zero-order valence-corrected chi connectivity index (χ0v) is 13.8. The molecule has 1 fully saturated rings. The van der Waals surface area contributed by atoms with Crippen molar-refractivity contribution in [3.63, 3.8) is 0 Å². The largest absolute Gasteiger partial charge is 0.340 e. The minimum atomic E-state index is -4.81. The molecule has 1 saturated heterocycles. The Morgan fingerprint density at radius 2 is 1.55 bits per heavy atom. The second kappa shape index (κ2) is 6.57. The van der Waals surface area contributed by atoms with Crippen molar-refractivity contribution in [2.45, 2.75) is 51.0 Å². The Bertz CT molecular complexity index is 391. The fourth-order valence-corrected chi connectivity index (χ4v) is 5.98. The first-order valence-electron chi connectivity index (χ1n) is 7.03. The van der Waals surface area contributed by atoms with E-state index in [-0.39, 0.29) is 12.5 Å². The van der Waals surface area contributed by atoms with Gasteiger partial charge in [0.25, 0.3) is 0 Å². The first kappa shape index (κ1) is 18.3. The van der Waals surface area contributed by atoms with Crippen LogP contribution in [0, 0.1) is 0 Å². The van der Waals surface area contributed by atoms with Crippen molar-refractivity contribution < 1.29 is 33.2 Å². The molecule has 1 unspecified atom stereocenters. The molecule has 0 amide bonds. The first-order valence-corrected chi connectivity index (χ1v) is 10.4. The molecule has 9 heteroatoms. The van der Waals surface area contributed by atoms with E-state index >= 15 is 0 Å². The molecular formula is C11H26NO6P2+. The third-order valence-electron chi connectivity index (χ3n) is 4.68. The predicted molar refractivity (Wildman–Crippen MR) is 76.3 cm³/mol. The molecule has 7 nitrogen and oxygen atoms in total. The van der Waals surface area contributed by atoms with Gasteiger partial charge in [0.2, 0.25) is 0 Å². The second-order valence-electron chi connectivity index (χ2n) is 5.62. The lowest BCUT2D eigenvalue weighted by atomic mass is 9.96. The van der Waals surface area contributed by atoms with Gasteiger partial charge in [-0.15, -0.1) is 0 Å². The summed E-state index contributed by atoms with van der Waals surface area (Å²) in [6.45, 7) is 6.58. The molecular weight excluding hydrogens is 304 g/mol. The molecule has 0 spiro atoms. The molecule has 1 atom stereocenters. The summed E-state index contributed by atoms with van der Waals surface area (Å²) in [5, 5.41) is -1.87. The van der Waals surface area contributed by atoms with Gasteiger partial charge in [-0.3, -0.25) is 9.13 Å². The van der Waals surface area contributed by atoms with E-state index in [2.05, 4.69) is 0 Å². The van der Waals surface area contributed by atoms with Gasteiger partial charge in [0.05, 0.1) is 25.7 Å². The molecule has 120 valence electrons. The maximum Gasteiger partial charge on any atom is 0.340 e. The number of rotatable bonds is 6. The highest BCUT2D eigenvalue weighted by Gasteiger charge is 2.48. The number of hydrogen-bond donors (Lipinski definition) is 4. The Kier molecular flexibility index (Phi) is 6.02. The summed E-state index contributed by atoms with van der Waals surface area (Å²) in [5.74, 6) is 0. The SMILES string of the molecule is CC[N+]1(CC)CCCCC1CC(P(=O)(O)O)P(=O)(O)O. The third-order valence-corrected chi connectivity index (χ3v) is 8.46. The first-order chi connectivity index (χ1) is 9.07. The van der Waals surface area contributed by atoms with Crippen LogP contribution in [0.2, 0.25) is 0 Å². The maximum absolute atomic E-state index is 11.4. The summed E-state index contributed by atoms with van der Waals surface area (Å²) in [6, 6.07) is -0.0935. The van der Waals surface area contributed by atoms with Gasteiger partial charge in [-0.05, 0) is 33.1 Å². The van der Waals surface area contributed by atoms with Crippen LogP contribution in [-0.4, -0.2) is 55.1 Å². The maximum atomic E-state index is 11.4. The molecule has 0 aromatic rings. The molecule has 0 aromatic carbocycles. The lowest BCUT2D eigenvalue weighted by Gasteiger charge is -2.47. The topological polar surface area (TPSA) is 115 Å². The van der Waals surface area contributed by atoms with Crippen molar-refractivity contribution in [1.82, 2.24) is 0 Å². The van der Waals surface area contributed by atoms with Crippen molar-refractivity contribution >= 4 is 15.2 Å². The standard InChI is InChI=1S/C11H25NO6P2/c1-3-12(4-2)8-6-5-7-10(12)9-11(19(13,14)15)20(16,17)18/h10-11H,3-9H2,1-2H3,(H3-,13,14,15,16,17,18)/p+1. The zero-order chi connectivity index (χ0) is 15.6. The summed E-state index contributed by atoms with van der Waals surface area (Å²) in [4.78, 5) is 37.1. The van der Waals surface area contributed by atoms with Crippen LogP contribution in [0.4, 0.5) is 0 Å². The molecule has 1 rings (SSSR count). The Morgan fingerprint density at radius 1 is 1.05 bits per heavy atom. The zero-order valence-electron chi connectivity index (χ0n) is 12.1. The summed E-state index contributed by atoms with van der Waals surface area (Å²) in [7, 11) is -9.63. The number of piperidine rings is 1. The molecule has 0 bridgehead atoms. The third kappa shape index (κ3) is 4.14. The summed E-state index contributed by atoms with van der Waals surface area (Å²) in [6.07, 6.45) is 2.64. The normalized spacial score (nSPS) is 24.1. The van der Waals surface area contributed by atoms with Crippen LogP contribution in [-0.2, 0) is 9.13 Å². The van der Waals surface area contributed by atoms with Gasteiger partial charge in [0, 0.05) is 6.42 Å². The predicted octanol–water partition coefficient (Wildman–Crippen LogP) is 1.47. The van der Waals surface area contributed by atoms with Crippen molar-refractivity contribution in [2.24, 2.45) is 0 Å². The van der Waals surface area contributed by atoms with E-state index in [1.165, 1.54) is 0 Å². The molecule has 4 N–H and O–H groups in total. The molecule has 0 aromatic heterocycles. The Morgan fingerprint density at radius 3 is 1.95 bits per heavy atom. The van der Waals surface area contributed by atoms with Crippen LogP contribution >= 0.6 is 15.2 Å². The number of nitrogens with zero attached hydrogens (tertiary/aromatic N) is 1. The van der Waals surface area contributed by atoms with Crippen LogP contribution in [0.1, 0.15) is 39.5 Å². The monoisotopic (exact) mass is 330 g/mol. The van der Waals surface area contributed by atoms with E-state index < -0.39 is 20.6 Å².